The molecule has 3 aromatic carbocycles. The van der Waals surface area contributed by atoms with Gasteiger partial charge < -0.3 is 9.72 Å². The smallest absolute Gasteiger partial charge is 0.248 e. The molecule has 0 fully saturated rings. The Bertz CT molecular complexity index is 1120. The minimum atomic E-state index is -0.0848. The van der Waals surface area contributed by atoms with Gasteiger partial charge in [-0.3, -0.25) is 4.79 Å². The SMILES string of the molecule is O=c1ccc2cc(OCCCCSc3ccc(-c4ccccc4)cc3)ccc2[nH]1. The van der Waals surface area contributed by atoms with Crippen LogP contribution >= 0.6 is 11.8 Å². The van der Waals surface area contributed by atoms with Crippen molar-refractivity contribution in [3.05, 3.63) is 95.3 Å². The number of ether oxygens (including phenoxy) is 1. The summed E-state index contributed by atoms with van der Waals surface area (Å²) in [5.41, 5.74) is 3.25. The van der Waals surface area contributed by atoms with E-state index in [1.165, 1.54) is 22.1 Å². The maximum atomic E-state index is 11.3. The van der Waals surface area contributed by atoms with E-state index in [4.69, 9.17) is 4.74 Å². The Hall–Kier alpha value is -2.98. The second-order valence-corrected chi connectivity index (χ2v) is 8.03. The number of rotatable bonds is 8. The molecule has 4 rings (SSSR count). The van der Waals surface area contributed by atoms with Crippen molar-refractivity contribution in [3.63, 3.8) is 0 Å². The Morgan fingerprint density at radius 2 is 1.59 bits per heavy atom. The van der Waals surface area contributed by atoms with E-state index in [9.17, 15) is 4.79 Å². The van der Waals surface area contributed by atoms with Crippen molar-refractivity contribution in [3.8, 4) is 16.9 Å². The van der Waals surface area contributed by atoms with Crippen LogP contribution in [-0.4, -0.2) is 17.3 Å². The molecule has 29 heavy (non-hydrogen) atoms. The van der Waals surface area contributed by atoms with Crippen LogP contribution in [0.1, 0.15) is 12.8 Å². The lowest BCUT2D eigenvalue weighted by atomic mass is 10.1. The van der Waals surface area contributed by atoms with Crippen molar-refractivity contribution in [1.82, 2.24) is 4.98 Å². The highest BCUT2D eigenvalue weighted by Crippen LogP contribution is 2.25. The minimum absolute atomic E-state index is 0.0848. The molecule has 4 aromatic rings. The summed E-state index contributed by atoms with van der Waals surface area (Å²) >= 11 is 1.88. The van der Waals surface area contributed by atoms with Crippen molar-refractivity contribution in [1.29, 1.82) is 0 Å². The van der Waals surface area contributed by atoms with E-state index in [1.807, 2.05) is 42.1 Å². The van der Waals surface area contributed by atoms with E-state index in [1.54, 1.807) is 0 Å². The lowest BCUT2D eigenvalue weighted by Crippen LogP contribution is -2.02. The van der Waals surface area contributed by atoms with Crippen LogP contribution in [0.4, 0.5) is 0 Å². The fourth-order valence-electron chi connectivity index (χ4n) is 3.18. The highest BCUT2D eigenvalue weighted by Gasteiger charge is 2.00. The van der Waals surface area contributed by atoms with Gasteiger partial charge in [0, 0.05) is 21.9 Å². The fourth-order valence-corrected chi connectivity index (χ4v) is 4.09. The molecule has 0 saturated carbocycles. The lowest BCUT2D eigenvalue weighted by molar-refractivity contribution is 0.310. The number of thioether (sulfide) groups is 1. The molecule has 0 radical (unpaired) electrons. The molecule has 0 spiro atoms. The average molecular weight is 402 g/mol. The summed E-state index contributed by atoms with van der Waals surface area (Å²) in [6, 6.07) is 28.3. The van der Waals surface area contributed by atoms with E-state index < -0.39 is 0 Å². The van der Waals surface area contributed by atoms with E-state index >= 15 is 0 Å². The van der Waals surface area contributed by atoms with Crippen LogP contribution in [0.15, 0.2) is 94.6 Å². The molecule has 0 atom stereocenters. The number of hydrogen-bond acceptors (Lipinski definition) is 3. The molecule has 0 bridgehead atoms. The first-order chi connectivity index (χ1) is 14.3. The number of nitrogens with one attached hydrogen (secondary N) is 1. The zero-order valence-corrected chi connectivity index (χ0v) is 17.0. The molecule has 0 amide bonds. The van der Waals surface area contributed by atoms with Crippen LogP contribution in [0, 0.1) is 0 Å². The first-order valence-corrected chi connectivity index (χ1v) is 10.8. The maximum absolute atomic E-state index is 11.3. The first kappa shape index (κ1) is 19.3. The zero-order chi connectivity index (χ0) is 19.9. The van der Waals surface area contributed by atoms with Crippen LogP contribution in [0.5, 0.6) is 5.75 Å². The van der Waals surface area contributed by atoms with Gasteiger partial charge in [0.25, 0.3) is 0 Å². The van der Waals surface area contributed by atoms with E-state index in [0.29, 0.717) is 6.61 Å². The molecule has 4 heteroatoms. The topological polar surface area (TPSA) is 42.1 Å². The van der Waals surface area contributed by atoms with Gasteiger partial charge in [-0.05, 0) is 66.1 Å². The third kappa shape index (κ3) is 5.30. The molecule has 0 unspecified atom stereocenters. The second kappa shape index (κ2) is 9.48. The highest BCUT2D eigenvalue weighted by atomic mass is 32.2. The molecule has 1 N–H and O–H groups in total. The molecule has 3 nitrogen and oxygen atoms in total. The summed E-state index contributed by atoms with van der Waals surface area (Å²) in [5, 5.41) is 0.983. The van der Waals surface area contributed by atoms with Gasteiger partial charge in [0.05, 0.1) is 6.61 Å². The number of aromatic nitrogens is 1. The standard InChI is InChI=1S/C25H23NO2S/c27-25-15-10-21-18-22(11-14-24(21)26-25)28-16-4-5-17-29-23-12-8-20(9-13-23)19-6-2-1-3-7-19/h1-3,6-15,18H,4-5,16-17H2,(H,26,27). The van der Waals surface area contributed by atoms with Crippen molar-refractivity contribution < 1.29 is 4.74 Å². The zero-order valence-electron chi connectivity index (χ0n) is 16.1. The quantitative estimate of drug-likeness (QED) is 0.284. The number of H-pyrrole nitrogens is 1. The van der Waals surface area contributed by atoms with E-state index in [2.05, 4.69) is 53.5 Å². The van der Waals surface area contributed by atoms with Crippen LogP contribution in [0.25, 0.3) is 22.0 Å². The predicted molar refractivity (Wildman–Crippen MR) is 122 cm³/mol. The Morgan fingerprint density at radius 3 is 2.41 bits per heavy atom. The molecule has 0 aliphatic rings. The summed E-state index contributed by atoms with van der Waals surface area (Å²) in [6.07, 6.45) is 2.12. The van der Waals surface area contributed by atoms with Crippen molar-refractivity contribution in [2.45, 2.75) is 17.7 Å². The average Bonchev–Trinajstić information content (AvgIpc) is 2.77. The Balaban J connectivity index is 1.19. The summed E-state index contributed by atoms with van der Waals surface area (Å²) in [5.74, 6) is 1.92. The van der Waals surface area contributed by atoms with Crippen molar-refractivity contribution in [2.75, 3.05) is 12.4 Å². The van der Waals surface area contributed by atoms with E-state index in [0.717, 1.165) is 35.2 Å². The van der Waals surface area contributed by atoms with Crippen LogP contribution in [-0.2, 0) is 0 Å². The van der Waals surface area contributed by atoms with Crippen molar-refractivity contribution in [2.24, 2.45) is 0 Å². The maximum Gasteiger partial charge on any atom is 0.248 e. The molecule has 146 valence electrons. The number of pyridine rings is 1. The van der Waals surface area contributed by atoms with Crippen LogP contribution in [0.3, 0.4) is 0 Å². The molecule has 0 saturated heterocycles. The monoisotopic (exact) mass is 401 g/mol. The number of fused-ring (bicyclic) bond motifs is 1. The minimum Gasteiger partial charge on any atom is -0.494 e. The Morgan fingerprint density at radius 1 is 0.793 bits per heavy atom. The second-order valence-electron chi connectivity index (χ2n) is 6.87. The van der Waals surface area contributed by atoms with Gasteiger partial charge in [-0.25, -0.2) is 0 Å². The number of aromatic amines is 1. The number of unbranched alkanes of at least 4 members (excludes halogenated alkanes) is 1. The largest absolute Gasteiger partial charge is 0.494 e. The highest BCUT2D eigenvalue weighted by molar-refractivity contribution is 7.99. The van der Waals surface area contributed by atoms with Gasteiger partial charge in [0.2, 0.25) is 5.56 Å². The summed E-state index contributed by atoms with van der Waals surface area (Å²) in [7, 11) is 0. The molecule has 0 aliphatic heterocycles. The third-order valence-corrected chi connectivity index (χ3v) is 5.83. The summed E-state index contributed by atoms with van der Waals surface area (Å²) in [4.78, 5) is 15.5. The van der Waals surface area contributed by atoms with Gasteiger partial charge in [-0.1, -0.05) is 42.5 Å². The summed E-state index contributed by atoms with van der Waals surface area (Å²) < 4.78 is 5.86. The van der Waals surface area contributed by atoms with Gasteiger partial charge in [0.1, 0.15) is 5.75 Å². The third-order valence-electron chi connectivity index (χ3n) is 4.73. The fraction of sp³-hybridized carbons (Fsp3) is 0.160. The molecule has 1 heterocycles. The van der Waals surface area contributed by atoms with Crippen molar-refractivity contribution >= 4 is 22.7 Å². The normalized spacial score (nSPS) is 10.9. The first-order valence-electron chi connectivity index (χ1n) is 9.82. The molecule has 1 aromatic heterocycles. The molecular weight excluding hydrogens is 378 g/mol. The Kier molecular flexibility index (Phi) is 6.32. The van der Waals surface area contributed by atoms with Gasteiger partial charge in [0.15, 0.2) is 0 Å². The van der Waals surface area contributed by atoms with E-state index in [-0.39, 0.29) is 5.56 Å². The van der Waals surface area contributed by atoms with Gasteiger partial charge >= 0.3 is 0 Å². The lowest BCUT2D eigenvalue weighted by Gasteiger charge is -2.08. The Labute approximate surface area is 174 Å². The van der Waals surface area contributed by atoms with Gasteiger partial charge in [-0.15, -0.1) is 11.8 Å². The summed E-state index contributed by atoms with van der Waals surface area (Å²) in [6.45, 7) is 0.697. The number of benzene rings is 3. The van der Waals surface area contributed by atoms with Crippen LogP contribution < -0.4 is 10.3 Å². The number of hydrogen-bond donors (Lipinski definition) is 1. The molecule has 0 aliphatic carbocycles. The molecular formula is C25H23NO2S. The predicted octanol–water partition coefficient (Wildman–Crippen LogP) is 6.15. The van der Waals surface area contributed by atoms with Crippen LogP contribution in [0.2, 0.25) is 0 Å². The van der Waals surface area contributed by atoms with Gasteiger partial charge in [-0.2, -0.15) is 0 Å².